The van der Waals surface area contributed by atoms with E-state index in [1.54, 1.807) is 18.2 Å². The number of nitrogens with zero attached hydrogens (tertiary/aromatic N) is 1. The third kappa shape index (κ3) is 7.80. The first-order valence-corrected chi connectivity index (χ1v) is 16.1. The minimum Gasteiger partial charge on any atom is -0.490 e. The Labute approximate surface area is 261 Å². The van der Waals surface area contributed by atoms with Gasteiger partial charge in [-0.15, -0.1) is 0 Å². The van der Waals surface area contributed by atoms with Gasteiger partial charge in [0.05, 0.1) is 18.7 Å². The van der Waals surface area contributed by atoms with E-state index in [1.807, 2.05) is 30.3 Å². The van der Waals surface area contributed by atoms with Crippen LogP contribution >= 0.6 is 0 Å². The Balaban J connectivity index is 1.21. The summed E-state index contributed by atoms with van der Waals surface area (Å²) >= 11 is 0. The van der Waals surface area contributed by atoms with Crippen LogP contribution in [0.1, 0.15) is 79.7 Å². The molecule has 45 heavy (non-hydrogen) atoms. The lowest BCUT2D eigenvalue weighted by atomic mass is 9.71. The van der Waals surface area contributed by atoms with E-state index < -0.39 is 36.0 Å². The molecule has 1 spiro atoms. The van der Waals surface area contributed by atoms with Crippen LogP contribution in [0.5, 0.6) is 11.5 Å². The number of halogens is 5. The molecule has 0 aromatic heterocycles. The summed E-state index contributed by atoms with van der Waals surface area (Å²) in [5.41, 5.74) is 2.07. The van der Waals surface area contributed by atoms with Crippen LogP contribution in [0.2, 0.25) is 0 Å². The van der Waals surface area contributed by atoms with Gasteiger partial charge in [-0.25, -0.2) is 8.78 Å². The quantitative estimate of drug-likeness (QED) is 0.266. The molecule has 1 aliphatic carbocycles. The lowest BCUT2D eigenvalue weighted by Crippen LogP contribution is -2.42. The van der Waals surface area contributed by atoms with Gasteiger partial charge in [-0.3, -0.25) is 4.90 Å². The van der Waals surface area contributed by atoms with E-state index in [4.69, 9.17) is 9.47 Å². The molecule has 3 aromatic carbocycles. The fourth-order valence-electron chi connectivity index (χ4n) is 7.56. The van der Waals surface area contributed by atoms with Crippen LogP contribution in [0, 0.1) is 17.0 Å². The number of fused-ring (bicyclic) bond motifs is 1. The van der Waals surface area contributed by atoms with Crippen LogP contribution in [0.4, 0.5) is 22.0 Å². The highest BCUT2D eigenvalue weighted by molar-refractivity contribution is 5.46. The monoisotopic (exact) mass is 628 g/mol. The number of nitrogens with one attached hydrogen (secondary N) is 1. The Hall–Kier alpha value is -3.17. The predicted molar refractivity (Wildman–Crippen MR) is 163 cm³/mol. The first-order chi connectivity index (χ1) is 21.7. The van der Waals surface area contributed by atoms with Crippen LogP contribution in [-0.2, 0) is 13.0 Å². The third-order valence-corrected chi connectivity index (χ3v) is 9.73. The SMILES string of the molecule is Fc1cc(OC2CCCC3(CCCNC3)CCC2)cc(F)c1C1c2ccc(OCc3ccccc3)cc2CCN1CC(F)(F)F. The van der Waals surface area contributed by atoms with Gasteiger partial charge in [0.15, 0.2) is 0 Å². The van der Waals surface area contributed by atoms with Crippen LogP contribution in [0.3, 0.4) is 0 Å². The highest BCUT2D eigenvalue weighted by Gasteiger charge is 2.40. The van der Waals surface area contributed by atoms with Crippen LogP contribution < -0.4 is 14.8 Å². The molecule has 1 saturated carbocycles. The van der Waals surface area contributed by atoms with Crippen molar-refractivity contribution in [2.45, 2.75) is 82.7 Å². The number of piperidine rings is 1. The molecular formula is C36H41F5N2O2. The number of hydrogen-bond donors (Lipinski definition) is 1. The van der Waals surface area contributed by atoms with Gasteiger partial charge in [0.25, 0.3) is 0 Å². The van der Waals surface area contributed by atoms with Gasteiger partial charge in [0, 0.05) is 30.8 Å². The summed E-state index contributed by atoms with van der Waals surface area (Å²) in [6.07, 6.45) is 3.83. The lowest BCUT2D eigenvalue weighted by Gasteiger charge is -2.40. The van der Waals surface area contributed by atoms with Crippen molar-refractivity contribution in [3.8, 4) is 11.5 Å². The van der Waals surface area contributed by atoms with Crippen molar-refractivity contribution >= 4 is 0 Å². The second-order valence-corrected chi connectivity index (χ2v) is 13.0. The van der Waals surface area contributed by atoms with Gasteiger partial charge in [-0.2, -0.15) is 13.2 Å². The zero-order valence-electron chi connectivity index (χ0n) is 25.5. The largest absolute Gasteiger partial charge is 0.490 e. The average Bonchev–Trinajstić information content (AvgIpc) is 3.00. The molecule has 3 aliphatic rings. The number of hydrogen-bond acceptors (Lipinski definition) is 4. The number of rotatable bonds is 7. The van der Waals surface area contributed by atoms with Crippen LogP contribution in [0.15, 0.2) is 60.7 Å². The standard InChI is InChI=1S/C36H41F5N2O2/c37-31-20-29(45-27-9-4-14-35(15-5-10-27)16-6-17-42-23-35)21-32(38)33(31)34-30-12-11-28(44-22-25-7-2-1-3-8-25)19-26(30)13-18-43(34)24-36(39,40)41/h1-3,7-8,11-12,19-21,27,34,42H,4-6,9-10,13-18,22-24H2. The fraction of sp³-hybridized carbons (Fsp3) is 0.500. The topological polar surface area (TPSA) is 33.7 Å². The summed E-state index contributed by atoms with van der Waals surface area (Å²) in [5.74, 6) is -1.18. The summed E-state index contributed by atoms with van der Waals surface area (Å²) in [6, 6.07) is 15.7. The zero-order valence-corrected chi connectivity index (χ0v) is 25.5. The normalized spacial score (nSPS) is 24.5. The Morgan fingerprint density at radius 3 is 2.24 bits per heavy atom. The third-order valence-electron chi connectivity index (χ3n) is 9.73. The molecule has 0 amide bonds. The molecule has 0 bridgehead atoms. The van der Waals surface area contributed by atoms with E-state index in [0.717, 1.165) is 74.2 Å². The van der Waals surface area contributed by atoms with Gasteiger partial charge in [-0.1, -0.05) is 36.4 Å². The molecule has 9 heteroatoms. The zero-order chi connectivity index (χ0) is 31.4. The minimum absolute atomic E-state index is 0.00443. The molecule has 6 rings (SSSR count). The Morgan fingerprint density at radius 2 is 1.58 bits per heavy atom. The number of ether oxygens (including phenoxy) is 2. The first kappa shape index (κ1) is 31.8. The van der Waals surface area contributed by atoms with Gasteiger partial charge in [-0.05, 0) is 98.6 Å². The molecule has 4 nitrogen and oxygen atoms in total. The maximum atomic E-state index is 15.9. The van der Waals surface area contributed by atoms with E-state index in [0.29, 0.717) is 35.3 Å². The second kappa shape index (κ2) is 13.7. The molecule has 2 heterocycles. The maximum absolute atomic E-state index is 15.9. The van der Waals surface area contributed by atoms with Crippen molar-refractivity contribution < 1.29 is 31.4 Å². The fourth-order valence-corrected chi connectivity index (χ4v) is 7.56. The molecule has 0 radical (unpaired) electrons. The molecule has 3 aromatic rings. The lowest BCUT2D eigenvalue weighted by molar-refractivity contribution is -0.150. The number of alkyl halides is 3. The van der Waals surface area contributed by atoms with E-state index in [9.17, 15) is 13.2 Å². The van der Waals surface area contributed by atoms with Crippen LogP contribution in [0.25, 0.3) is 0 Å². The highest BCUT2D eigenvalue weighted by Crippen LogP contribution is 2.43. The Bertz CT molecular complexity index is 1410. The second-order valence-electron chi connectivity index (χ2n) is 13.0. The molecule has 242 valence electrons. The van der Waals surface area contributed by atoms with Gasteiger partial charge in [0.1, 0.15) is 29.7 Å². The van der Waals surface area contributed by atoms with Gasteiger partial charge >= 0.3 is 6.18 Å². The van der Waals surface area contributed by atoms with E-state index in [2.05, 4.69) is 5.32 Å². The van der Waals surface area contributed by atoms with E-state index in [1.165, 1.54) is 12.8 Å². The van der Waals surface area contributed by atoms with Crippen LogP contribution in [-0.4, -0.2) is 43.4 Å². The van der Waals surface area contributed by atoms with Crippen molar-refractivity contribution in [1.29, 1.82) is 0 Å². The van der Waals surface area contributed by atoms with Crippen molar-refractivity contribution in [3.05, 3.63) is 94.6 Å². The van der Waals surface area contributed by atoms with Crippen molar-refractivity contribution in [1.82, 2.24) is 10.2 Å². The Kier molecular flexibility index (Phi) is 9.66. The van der Waals surface area contributed by atoms with Gasteiger partial charge < -0.3 is 14.8 Å². The predicted octanol–water partition coefficient (Wildman–Crippen LogP) is 8.53. The van der Waals surface area contributed by atoms with Gasteiger partial charge in [0.2, 0.25) is 0 Å². The molecule has 1 saturated heterocycles. The highest BCUT2D eigenvalue weighted by atomic mass is 19.4. The molecule has 1 unspecified atom stereocenters. The van der Waals surface area contributed by atoms with Crippen molar-refractivity contribution in [2.24, 2.45) is 5.41 Å². The molecule has 1 N–H and O–H groups in total. The molecule has 2 aliphatic heterocycles. The van der Waals surface area contributed by atoms with Crippen molar-refractivity contribution in [2.75, 3.05) is 26.2 Å². The number of benzene rings is 3. The smallest absolute Gasteiger partial charge is 0.401 e. The minimum atomic E-state index is -4.53. The first-order valence-electron chi connectivity index (χ1n) is 16.1. The van der Waals surface area contributed by atoms with E-state index >= 15 is 8.78 Å². The van der Waals surface area contributed by atoms with Crippen molar-refractivity contribution in [3.63, 3.8) is 0 Å². The van der Waals surface area contributed by atoms with E-state index in [-0.39, 0.29) is 18.4 Å². The molecular weight excluding hydrogens is 587 g/mol. The summed E-state index contributed by atoms with van der Waals surface area (Å²) in [7, 11) is 0. The summed E-state index contributed by atoms with van der Waals surface area (Å²) in [4.78, 5) is 1.11. The summed E-state index contributed by atoms with van der Waals surface area (Å²) < 4.78 is 84.8. The molecule has 2 fully saturated rings. The maximum Gasteiger partial charge on any atom is 0.401 e. The Morgan fingerprint density at radius 1 is 0.867 bits per heavy atom. The summed E-state index contributed by atoms with van der Waals surface area (Å²) in [6.45, 7) is 1.17. The molecule has 1 atom stereocenters. The average molecular weight is 629 g/mol. The summed E-state index contributed by atoms with van der Waals surface area (Å²) in [5, 5.41) is 3.54.